The second-order valence-corrected chi connectivity index (χ2v) is 7.25. The molecular formula is C18H34IN5O. The zero-order valence-corrected chi connectivity index (χ0v) is 18.8. The average molecular weight is 463 g/mol. The first-order valence-corrected chi connectivity index (χ1v) is 9.03. The van der Waals surface area contributed by atoms with Crippen LogP contribution in [0.4, 0.5) is 0 Å². The first-order chi connectivity index (χ1) is 11.4. The number of hydrogen-bond acceptors (Lipinski definition) is 4. The molecule has 1 aliphatic rings. The molecule has 0 spiro atoms. The molecule has 2 rings (SSSR count). The van der Waals surface area contributed by atoms with Gasteiger partial charge in [0.05, 0.1) is 5.69 Å². The molecule has 1 N–H and O–H groups in total. The predicted octanol–water partition coefficient (Wildman–Crippen LogP) is 2.86. The summed E-state index contributed by atoms with van der Waals surface area (Å²) in [5.74, 6) is 2.98. The van der Waals surface area contributed by atoms with Crippen molar-refractivity contribution in [3.63, 3.8) is 0 Å². The van der Waals surface area contributed by atoms with Gasteiger partial charge >= 0.3 is 0 Å². The lowest BCUT2D eigenvalue weighted by molar-refractivity contribution is 0.164. The molecule has 1 aromatic heterocycles. The average Bonchev–Trinajstić information content (AvgIpc) is 2.87. The number of aromatic nitrogens is 1. The van der Waals surface area contributed by atoms with Gasteiger partial charge in [0.2, 0.25) is 0 Å². The monoisotopic (exact) mass is 463 g/mol. The highest BCUT2D eigenvalue weighted by molar-refractivity contribution is 14.0. The van der Waals surface area contributed by atoms with Crippen LogP contribution in [0, 0.1) is 19.8 Å². The summed E-state index contributed by atoms with van der Waals surface area (Å²) in [6.45, 7) is 17.1. The molecule has 0 aliphatic carbocycles. The van der Waals surface area contributed by atoms with E-state index in [0.717, 1.165) is 56.1 Å². The Bertz CT molecular complexity index is 530. The first-order valence-electron chi connectivity index (χ1n) is 9.03. The lowest BCUT2D eigenvalue weighted by Crippen LogP contribution is -2.53. The number of aliphatic imine (C=N–C) groups is 1. The topological polar surface area (TPSA) is 56.9 Å². The van der Waals surface area contributed by atoms with E-state index in [2.05, 4.69) is 46.0 Å². The first kappa shape index (κ1) is 22.2. The maximum atomic E-state index is 5.29. The normalized spacial score (nSPS) is 17.6. The van der Waals surface area contributed by atoms with Crippen molar-refractivity contribution >= 4 is 29.9 Å². The summed E-state index contributed by atoms with van der Waals surface area (Å²) in [5.41, 5.74) is 2.19. The summed E-state index contributed by atoms with van der Waals surface area (Å²) >= 11 is 0. The molecule has 2 heterocycles. The molecule has 0 aromatic carbocycles. The maximum absolute atomic E-state index is 5.29. The Hall–Kier alpha value is -0.830. The van der Waals surface area contributed by atoms with Crippen LogP contribution in [0.15, 0.2) is 9.52 Å². The molecule has 1 saturated heterocycles. The Kier molecular flexibility index (Phi) is 9.20. The van der Waals surface area contributed by atoms with E-state index in [1.807, 2.05) is 20.9 Å². The Morgan fingerprint density at radius 2 is 1.84 bits per heavy atom. The van der Waals surface area contributed by atoms with Crippen molar-refractivity contribution in [1.82, 2.24) is 20.3 Å². The molecule has 1 unspecified atom stereocenters. The van der Waals surface area contributed by atoms with Gasteiger partial charge < -0.3 is 14.7 Å². The zero-order chi connectivity index (χ0) is 17.7. The molecule has 0 amide bonds. The van der Waals surface area contributed by atoms with Crippen molar-refractivity contribution in [2.24, 2.45) is 10.9 Å². The summed E-state index contributed by atoms with van der Waals surface area (Å²) < 4.78 is 5.29. The minimum absolute atomic E-state index is 0. The number of rotatable bonds is 5. The summed E-state index contributed by atoms with van der Waals surface area (Å²) in [7, 11) is 1.86. The lowest BCUT2D eigenvalue weighted by Gasteiger charge is -2.37. The van der Waals surface area contributed by atoms with Crippen LogP contribution in [0.2, 0.25) is 0 Å². The number of nitrogens with zero attached hydrogens (tertiary/aromatic N) is 4. The number of nitrogens with one attached hydrogen (secondary N) is 1. The van der Waals surface area contributed by atoms with Gasteiger partial charge in [-0.1, -0.05) is 25.9 Å². The smallest absolute Gasteiger partial charge is 0.193 e. The Morgan fingerprint density at radius 1 is 1.20 bits per heavy atom. The molecule has 0 radical (unpaired) electrons. The summed E-state index contributed by atoms with van der Waals surface area (Å²) in [5, 5.41) is 7.58. The number of hydrogen-bond donors (Lipinski definition) is 1. The Balaban J connectivity index is 0.00000312. The van der Waals surface area contributed by atoms with E-state index >= 15 is 0 Å². The van der Waals surface area contributed by atoms with Crippen LogP contribution in [-0.4, -0.2) is 67.2 Å². The highest BCUT2D eigenvalue weighted by atomic mass is 127. The van der Waals surface area contributed by atoms with Gasteiger partial charge in [0.15, 0.2) is 5.96 Å². The predicted molar refractivity (Wildman–Crippen MR) is 114 cm³/mol. The fraction of sp³-hybridized carbons (Fsp3) is 0.778. The Morgan fingerprint density at radius 3 is 2.32 bits per heavy atom. The molecule has 144 valence electrons. The number of piperazine rings is 1. The van der Waals surface area contributed by atoms with E-state index in [1.165, 1.54) is 12.1 Å². The minimum Gasteiger partial charge on any atom is -0.361 e. The van der Waals surface area contributed by atoms with Gasteiger partial charge in [0, 0.05) is 57.8 Å². The van der Waals surface area contributed by atoms with Gasteiger partial charge in [0.25, 0.3) is 0 Å². The van der Waals surface area contributed by atoms with Gasteiger partial charge in [-0.2, -0.15) is 0 Å². The highest BCUT2D eigenvalue weighted by Crippen LogP contribution is 2.22. The van der Waals surface area contributed by atoms with Crippen LogP contribution in [-0.2, 0) is 0 Å². The van der Waals surface area contributed by atoms with E-state index in [-0.39, 0.29) is 24.0 Å². The second kappa shape index (κ2) is 10.4. The van der Waals surface area contributed by atoms with Crippen LogP contribution >= 0.6 is 24.0 Å². The molecule has 0 bridgehead atoms. The fourth-order valence-electron chi connectivity index (χ4n) is 3.53. The van der Waals surface area contributed by atoms with Gasteiger partial charge in [-0.15, -0.1) is 24.0 Å². The molecule has 25 heavy (non-hydrogen) atoms. The zero-order valence-electron chi connectivity index (χ0n) is 16.5. The molecule has 6 nitrogen and oxygen atoms in total. The lowest BCUT2D eigenvalue weighted by atomic mass is 10.00. The van der Waals surface area contributed by atoms with E-state index in [1.54, 1.807) is 0 Å². The van der Waals surface area contributed by atoms with Crippen molar-refractivity contribution in [3.8, 4) is 0 Å². The Labute approximate surface area is 169 Å². The van der Waals surface area contributed by atoms with Crippen molar-refractivity contribution < 1.29 is 4.52 Å². The third kappa shape index (κ3) is 6.13. The van der Waals surface area contributed by atoms with Crippen molar-refractivity contribution in [2.75, 3.05) is 46.3 Å². The van der Waals surface area contributed by atoms with E-state index < -0.39 is 0 Å². The third-order valence-electron chi connectivity index (χ3n) is 4.65. The maximum Gasteiger partial charge on any atom is 0.193 e. The van der Waals surface area contributed by atoms with Gasteiger partial charge in [-0.05, 0) is 19.8 Å². The van der Waals surface area contributed by atoms with Gasteiger partial charge in [-0.3, -0.25) is 9.89 Å². The molecule has 1 atom stereocenters. The number of aryl methyl sites for hydroxylation is 2. The molecular weight excluding hydrogens is 429 g/mol. The van der Waals surface area contributed by atoms with Crippen LogP contribution < -0.4 is 5.32 Å². The molecule has 0 saturated carbocycles. The van der Waals surface area contributed by atoms with Crippen LogP contribution in [0.3, 0.4) is 0 Å². The van der Waals surface area contributed by atoms with E-state index in [4.69, 9.17) is 4.52 Å². The molecule has 1 aromatic rings. The van der Waals surface area contributed by atoms with E-state index in [9.17, 15) is 0 Å². The molecule has 1 fully saturated rings. The standard InChI is InChI=1S/C18H33N5O.HI/c1-13(2)12-22-7-9-23(10-8-22)18(19-6)20-11-14(3)17-15(4)21-24-16(17)5;/h13-14H,7-12H2,1-6H3,(H,19,20);1H. The largest absolute Gasteiger partial charge is 0.361 e. The fourth-order valence-corrected chi connectivity index (χ4v) is 3.53. The summed E-state index contributed by atoms with van der Waals surface area (Å²) in [6, 6.07) is 0. The minimum atomic E-state index is 0. The SMILES string of the molecule is CN=C(NCC(C)c1c(C)noc1C)N1CCN(CC(C)C)CC1.I. The molecule has 7 heteroatoms. The summed E-state index contributed by atoms with van der Waals surface area (Å²) in [4.78, 5) is 9.37. The molecule has 1 aliphatic heterocycles. The highest BCUT2D eigenvalue weighted by Gasteiger charge is 2.21. The third-order valence-corrected chi connectivity index (χ3v) is 4.65. The number of halogens is 1. The van der Waals surface area contributed by atoms with Crippen molar-refractivity contribution in [2.45, 2.75) is 40.5 Å². The van der Waals surface area contributed by atoms with E-state index in [0.29, 0.717) is 5.92 Å². The second-order valence-electron chi connectivity index (χ2n) is 7.25. The quantitative estimate of drug-likeness (QED) is 0.414. The van der Waals surface area contributed by atoms with Crippen molar-refractivity contribution in [1.29, 1.82) is 0 Å². The van der Waals surface area contributed by atoms with Crippen LogP contribution in [0.1, 0.15) is 43.7 Å². The van der Waals surface area contributed by atoms with Crippen LogP contribution in [0.5, 0.6) is 0 Å². The summed E-state index contributed by atoms with van der Waals surface area (Å²) in [6.07, 6.45) is 0. The van der Waals surface area contributed by atoms with Gasteiger partial charge in [0.1, 0.15) is 5.76 Å². The number of guanidine groups is 1. The van der Waals surface area contributed by atoms with Gasteiger partial charge in [-0.25, -0.2) is 0 Å². The van der Waals surface area contributed by atoms with Crippen molar-refractivity contribution in [3.05, 3.63) is 17.0 Å². The van der Waals surface area contributed by atoms with Crippen LogP contribution in [0.25, 0.3) is 0 Å².